The molecular weight excluding hydrogens is 735 g/mol. The molecule has 0 fully saturated rings. The maximum atomic E-state index is 12.9. The Hall–Kier alpha value is -2.16. The number of nitrogens with one attached hydrogen (secondary N) is 2. The summed E-state index contributed by atoms with van der Waals surface area (Å²) in [4.78, 5) is 32.4. The second-order valence-corrected chi connectivity index (χ2v) is 17.7. The van der Waals surface area contributed by atoms with Crippen LogP contribution in [-0.4, -0.2) is 70.4 Å². The molecule has 0 aliphatic carbocycles. The molecule has 1 rings (SSSR count). The lowest BCUT2D eigenvalue weighted by atomic mass is 10.0. The Morgan fingerprint density at radius 3 is 1.36 bits per heavy atom. The van der Waals surface area contributed by atoms with Crippen molar-refractivity contribution in [2.75, 3.05) is 31.5 Å². The van der Waals surface area contributed by atoms with Gasteiger partial charge >= 0.3 is 11.9 Å². The van der Waals surface area contributed by atoms with E-state index in [9.17, 15) is 9.59 Å². The van der Waals surface area contributed by atoms with Gasteiger partial charge in [0.25, 0.3) is 0 Å². The molecule has 0 radical (unpaired) electrons. The molecule has 59 heavy (non-hydrogen) atoms. The monoisotopic (exact) mass is 832 g/mol. The van der Waals surface area contributed by atoms with E-state index in [2.05, 4.69) is 53.1 Å². The number of aromatic amines is 1. The molecule has 0 amide bonds. The molecule has 9 heteroatoms. The highest BCUT2D eigenvalue weighted by Gasteiger charge is 2.15. The first-order chi connectivity index (χ1) is 28.9. The lowest BCUT2D eigenvalue weighted by Crippen LogP contribution is -2.28. The van der Waals surface area contributed by atoms with E-state index in [4.69, 9.17) is 9.47 Å². The minimum Gasteiger partial charge on any atom is -0.462 e. The topological polar surface area (TPSA) is 109 Å². The van der Waals surface area contributed by atoms with Gasteiger partial charge in [-0.3, -0.25) is 14.7 Å². The van der Waals surface area contributed by atoms with E-state index >= 15 is 0 Å². The van der Waals surface area contributed by atoms with E-state index < -0.39 is 0 Å². The highest BCUT2D eigenvalue weighted by atomic mass is 16.5. The summed E-state index contributed by atoms with van der Waals surface area (Å²) in [6.45, 7) is 15.0. The normalized spacial score (nSPS) is 12.1. The number of carbonyl (C=O) groups is 2. The Balaban J connectivity index is 2.34. The van der Waals surface area contributed by atoms with E-state index in [0.29, 0.717) is 18.8 Å². The number of ether oxygens (including phenoxy) is 2. The van der Waals surface area contributed by atoms with E-state index in [1.54, 1.807) is 0 Å². The van der Waals surface area contributed by atoms with Crippen molar-refractivity contribution in [3.05, 3.63) is 5.82 Å². The molecule has 1 aromatic heterocycles. The van der Waals surface area contributed by atoms with E-state index in [0.717, 1.165) is 89.8 Å². The van der Waals surface area contributed by atoms with Gasteiger partial charge < -0.3 is 19.7 Å². The number of hydrogen-bond acceptors (Lipinski definition) is 8. The van der Waals surface area contributed by atoms with E-state index in [1.807, 2.05) is 6.92 Å². The fraction of sp³-hybridized carbons (Fsp3) is 0.920. The number of nitrogens with zero attached hydrogens (tertiary/aromatic N) is 3. The van der Waals surface area contributed by atoms with Gasteiger partial charge in [0.2, 0.25) is 5.95 Å². The lowest BCUT2D eigenvalue weighted by Gasteiger charge is -2.22. The average Bonchev–Trinajstić information content (AvgIpc) is 3.65. The Labute approximate surface area is 364 Å². The van der Waals surface area contributed by atoms with Gasteiger partial charge in [-0.15, -0.1) is 5.10 Å². The van der Waals surface area contributed by atoms with Crippen LogP contribution in [0.15, 0.2) is 0 Å². The Kier molecular flexibility index (Phi) is 38.3. The molecule has 346 valence electrons. The third-order valence-electron chi connectivity index (χ3n) is 11.9. The number of aromatic nitrogens is 3. The molecule has 0 saturated heterocycles. The zero-order chi connectivity index (χ0) is 42.9. The van der Waals surface area contributed by atoms with Crippen LogP contribution in [0.1, 0.15) is 258 Å². The Bertz CT molecular complexity index is 1050. The zero-order valence-corrected chi connectivity index (χ0v) is 39.7. The molecule has 2 N–H and O–H groups in total. The largest absolute Gasteiger partial charge is 0.462 e. The van der Waals surface area contributed by atoms with Crippen LogP contribution >= 0.6 is 0 Å². The summed E-state index contributed by atoms with van der Waals surface area (Å²) in [5.74, 6) is 1.52. The first-order valence-electron chi connectivity index (χ1n) is 25.7. The van der Waals surface area contributed by atoms with Crippen LogP contribution in [0, 0.1) is 6.92 Å². The molecule has 1 atom stereocenters. The standard InChI is InChI=1S/C50H97N5O4/c1-6-10-13-16-21-28-36-46(9-4)58-48(56)39-31-24-19-26-33-42-55(44-35-41-51-50-52-45(5)53-54-50)43-34-27-20-25-32-40-49(57)59-47(37-29-22-17-14-11-7-2)38-30-23-18-15-12-8-3/h46-47H,6-44H2,1-5H3,(H2,51,52,53,54). The number of carbonyl (C=O) groups excluding carboxylic acids is 2. The molecule has 1 aromatic rings. The molecule has 0 aromatic carbocycles. The van der Waals surface area contributed by atoms with Crippen molar-refractivity contribution in [3.63, 3.8) is 0 Å². The lowest BCUT2D eigenvalue weighted by molar-refractivity contribution is -0.150. The van der Waals surface area contributed by atoms with Crippen molar-refractivity contribution < 1.29 is 19.1 Å². The zero-order valence-electron chi connectivity index (χ0n) is 39.7. The number of anilines is 1. The van der Waals surface area contributed by atoms with Gasteiger partial charge in [0.15, 0.2) is 0 Å². The van der Waals surface area contributed by atoms with Crippen molar-refractivity contribution in [2.45, 2.75) is 272 Å². The summed E-state index contributed by atoms with van der Waals surface area (Å²) in [5.41, 5.74) is 0. The Morgan fingerprint density at radius 1 is 0.525 bits per heavy atom. The summed E-state index contributed by atoms with van der Waals surface area (Å²) in [7, 11) is 0. The van der Waals surface area contributed by atoms with E-state index in [-0.39, 0.29) is 24.1 Å². The summed E-state index contributed by atoms with van der Waals surface area (Å²) in [6, 6.07) is 0. The predicted octanol–water partition coefficient (Wildman–Crippen LogP) is 14.4. The van der Waals surface area contributed by atoms with Crippen LogP contribution in [0.5, 0.6) is 0 Å². The van der Waals surface area contributed by atoms with Gasteiger partial charge in [0, 0.05) is 19.4 Å². The molecule has 1 unspecified atom stereocenters. The first kappa shape index (κ1) is 54.9. The maximum Gasteiger partial charge on any atom is 0.306 e. The van der Waals surface area contributed by atoms with Crippen molar-refractivity contribution in [1.29, 1.82) is 0 Å². The molecule has 9 nitrogen and oxygen atoms in total. The van der Waals surface area contributed by atoms with Crippen LogP contribution in [0.3, 0.4) is 0 Å². The SMILES string of the molecule is CCCCCCCCC(CC)OC(=O)CCCCCCCN(CCCCCCCC(=O)OC(CCCCCCCC)CCCCCCCC)CCCNc1n[nH]c(C)n1. The fourth-order valence-electron chi connectivity index (χ4n) is 8.09. The molecule has 0 aliphatic rings. The molecule has 0 bridgehead atoms. The highest BCUT2D eigenvalue weighted by molar-refractivity contribution is 5.69. The summed E-state index contributed by atoms with van der Waals surface area (Å²) in [5, 5.41) is 10.5. The maximum absolute atomic E-state index is 12.9. The van der Waals surface area contributed by atoms with Gasteiger partial charge in [-0.1, -0.05) is 163 Å². The third-order valence-corrected chi connectivity index (χ3v) is 11.9. The van der Waals surface area contributed by atoms with Crippen LogP contribution in [0.2, 0.25) is 0 Å². The summed E-state index contributed by atoms with van der Waals surface area (Å²) < 4.78 is 11.9. The van der Waals surface area contributed by atoms with Gasteiger partial charge in [-0.2, -0.15) is 4.98 Å². The van der Waals surface area contributed by atoms with Crippen molar-refractivity contribution in [1.82, 2.24) is 20.1 Å². The van der Waals surface area contributed by atoms with Gasteiger partial charge in [0.05, 0.1) is 0 Å². The van der Waals surface area contributed by atoms with Crippen LogP contribution in [0.4, 0.5) is 5.95 Å². The minimum absolute atomic E-state index is 0.00556. The number of rotatable bonds is 45. The summed E-state index contributed by atoms with van der Waals surface area (Å²) in [6.07, 6.45) is 40.6. The molecule has 0 spiro atoms. The van der Waals surface area contributed by atoms with Gasteiger partial charge in [-0.05, 0) is 104 Å². The molecular formula is C50H97N5O4. The number of aryl methyl sites for hydroxylation is 1. The van der Waals surface area contributed by atoms with Crippen LogP contribution < -0.4 is 5.32 Å². The molecule has 1 heterocycles. The quantitative estimate of drug-likeness (QED) is 0.0494. The third kappa shape index (κ3) is 35.2. The van der Waals surface area contributed by atoms with Gasteiger partial charge in [0.1, 0.15) is 18.0 Å². The number of hydrogen-bond donors (Lipinski definition) is 2. The minimum atomic E-state index is -0.00556. The van der Waals surface area contributed by atoms with Crippen molar-refractivity contribution in [2.24, 2.45) is 0 Å². The molecule has 0 aliphatic heterocycles. The fourth-order valence-corrected chi connectivity index (χ4v) is 8.09. The average molecular weight is 832 g/mol. The second-order valence-electron chi connectivity index (χ2n) is 17.7. The van der Waals surface area contributed by atoms with E-state index in [1.165, 1.54) is 154 Å². The van der Waals surface area contributed by atoms with Crippen LogP contribution in [-0.2, 0) is 19.1 Å². The van der Waals surface area contributed by atoms with Crippen molar-refractivity contribution >= 4 is 17.9 Å². The molecule has 0 saturated carbocycles. The highest BCUT2D eigenvalue weighted by Crippen LogP contribution is 2.19. The number of H-pyrrole nitrogens is 1. The van der Waals surface area contributed by atoms with Gasteiger partial charge in [-0.25, -0.2) is 0 Å². The number of esters is 2. The predicted molar refractivity (Wildman–Crippen MR) is 250 cm³/mol. The van der Waals surface area contributed by atoms with Crippen LogP contribution in [0.25, 0.3) is 0 Å². The second kappa shape index (κ2) is 41.2. The number of unbranched alkanes of at least 4 members (excludes halogenated alkanes) is 23. The van der Waals surface area contributed by atoms with Crippen molar-refractivity contribution in [3.8, 4) is 0 Å². The summed E-state index contributed by atoms with van der Waals surface area (Å²) >= 11 is 0. The Morgan fingerprint density at radius 2 is 0.915 bits per heavy atom. The smallest absolute Gasteiger partial charge is 0.306 e. The first-order valence-corrected chi connectivity index (χ1v) is 25.7.